The lowest BCUT2D eigenvalue weighted by atomic mass is 9.98. The third-order valence-electron chi connectivity index (χ3n) is 7.31. The van der Waals surface area contributed by atoms with Crippen LogP contribution in [-0.2, 0) is 14.2 Å². The predicted molar refractivity (Wildman–Crippen MR) is 142 cm³/mol. The number of benzene rings is 2. The van der Waals surface area contributed by atoms with Crippen molar-refractivity contribution in [3.05, 3.63) is 52.7 Å². The SMILES string of the molecule is COc1ccc(-c2cc(=O)c3c(O)cc(O[C@@H]4OC(CO[C@@H]5OC(C)[C@H](O)[C@H](O)C5O)[C@@H](O)[C@H](O)C4O)cc3o2)cc1. The second-order valence-electron chi connectivity index (χ2n) is 10.2. The average Bonchev–Trinajstić information content (AvgIpc) is 2.97. The van der Waals surface area contributed by atoms with E-state index in [2.05, 4.69) is 0 Å². The number of fused-ring (bicyclic) bond motifs is 1. The van der Waals surface area contributed by atoms with Gasteiger partial charge in [-0.1, -0.05) is 0 Å². The molecule has 7 N–H and O–H groups in total. The van der Waals surface area contributed by atoms with E-state index < -0.39 is 79.2 Å². The van der Waals surface area contributed by atoms with E-state index in [0.29, 0.717) is 11.3 Å². The Morgan fingerprint density at radius 1 is 0.786 bits per heavy atom. The summed E-state index contributed by atoms with van der Waals surface area (Å²) in [4.78, 5) is 12.8. The van der Waals surface area contributed by atoms with Gasteiger partial charge in [0.15, 0.2) is 11.7 Å². The summed E-state index contributed by atoms with van der Waals surface area (Å²) in [6.45, 7) is 0.984. The van der Waals surface area contributed by atoms with E-state index in [1.165, 1.54) is 26.2 Å². The third kappa shape index (κ3) is 5.81. The quantitative estimate of drug-likeness (QED) is 0.179. The Morgan fingerprint density at radius 3 is 2.14 bits per heavy atom. The first-order chi connectivity index (χ1) is 20.0. The maximum Gasteiger partial charge on any atom is 0.229 e. The normalized spacial score (nSPS) is 33.4. The lowest BCUT2D eigenvalue weighted by Crippen LogP contribution is -2.61. The number of hydrogen-bond acceptors (Lipinski definition) is 14. The Kier molecular flexibility index (Phi) is 8.71. The second-order valence-corrected chi connectivity index (χ2v) is 10.2. The van der Waals surface area contributed by atoms with Crippen molar-refractivity contribution in [3.63, 3.8) is 0 Å². The Labute approximate surface area is 238 Å². The molecule has 2 aromatic carbocycles. The van der Waals surface area contributed by atoms with Gasteiger partial charge < -0.3 is 63.8 Å². The van der Waals surface area contributed by atoms with Gasteiger partial charge in [-0.2, -0.15) is 0 Å². The highest BCUT2D eigenvalue weighted by atomic mass is 16.7. The molecule has 0 bridgehead atoms. The predicted octanol–water partition coefficient (Wildman–Crippen LogP) is -0.795. The maximum atomic E-state index is 12.8. The molecule has 0 radical (unpaired) electrons. The average molecular weight is 593 g/mol. The monoisotopic (exact) mass is 592 g/mol. The lowest BCUT2D eigenvalue weighted by Gasteiger charge is -2.42. The zero-order chi connectivity index (χ0) is 30.3. The van der Waals surface area contributed by atoms with Crippen LogP contribution in [0.15, 0.2) is 51.7 Å². The number of rotatable bonds is 7. The molecule has 0 spiro atoms. The molecule has 0 amide bonds. The van der Waals surface area contributed by atoms with Crippen LogP contribution in [0.1, 0.15) is 6.92 Å². The molecule has 14 nitrogen and oxygen atoms in total. The first-order valence-electron chi connectivity index (χ1n) is 13.1. The van der Waals surface area contributed by atoms with Crippen molar-refractivity contribution in [3.8, 4) is 28.6 Å². The summed E-state index contributed by atoms with van der Waals surface area (Å²) < 4.78 is 33.2. The summed E-state index contributed by atoms with van der Waals surface area (Å²) in [6.07, 6.45) is -14.8. The Bertz CT molecular complexity index is 1440. The molecular weight excluding hydrogens is 560 g/mol. The molecule has 10 atom stereocenters. The Morgan fingerprint density at radius 2 is 1.45 bits per heavy atom. The highest BCUT2D eigenvalue weighted by Crippen LogP contribution is 2.34. The van der Waals surface area contributed by atoms with Gasteiger partial charge in [0.2, 0.25) is 6.29 Å². The molecule has 2 fully saturated rings. The van der Waals surface area contributed by atoms with E-state index in [1.807, 2.05) is 0 Å². The van der Waals surface area contributed by atoms with E-state index in [9.17, 15) is 40.5 Å². The maximum absolute atomic E-state index is 12.8. The van der Waals surface area contributed by atoms with Crippen molar-refractivity contribution in [2.45, 2.75) is 68.3 Å². The Hall–Kier alpha value is -3.31. The summed E-state index contributed by atoms with van der Waals surface area (Å²) >= 11 is 0. The van der Waals surface area contributed by atoms with Crippen LogP contribution in [0.3, 0.4) is 0 Å². The van der Waals surface area contributed by atoms with Crippen molar-refractivity contribution in [1.82, 2.24) is 0 Å². The smallest absolute Gasteiger partial charge is 0.229 e. The van der Waals surface area contributed by atoms with E-state index in [1.54, 1.807) is 24.3 Å². The summed E-state index contributed by atoms with van der Waals surface area (Å²) in [7, 11) is 1.52. The topological polar surface area (TPSA) is 218 Å². The van der Waals surface area contributed by atoms with Crippen molar-refractivity contribution in [1.29, 1.82) is 0 Å². The highest BCUT2D eigenvalue weighted by Gasteiger charge is 2.47. The van der Waals surface area contributed by atoms with Gasteiger partial charge in [-0.05, 0) is 31.2 Å². The second kappa shape index (κ2) is 12.1. The summed E-state index contributed by atoms with van der Waals surface area (Å²) in [5.74, 6) is 0.238. The zero-order valence-corrected chi connectivity index (χ0v) is 22.5. The van der Waals surface area contributed by atoms with E-state index >= 15 is 0 Å². The lowest BCUT2D eigenvalue weighted by molar-refractivity contribution is -0.318. The molecule has 3 heterocycles. The Balaban J connectivity index is 1.35. The fourth-order valence-electron chi connectivity index (χ4n) is 4.84. The summed E-state index contributed by atoms with van der Waals surface area (Å²) in [5, 5.41) is 71.9. The van der Waals surface area contributed by atoms with Crippen molar-refractivity contribution >= 4 is 11.0 Å². The largest absolute Gasteiger partial charge is 0.507 e. The molecule has 228 valence electrons. The van der Waals surface area contributed by atoms with E-state index in [4.69, 9.17) is 28.1 Å². The van der Waals surface area contributed by atoms with Crippen LogP contribution in [0.25, 0.3) is 22.3 Å². The van der Waals surface area contributed by atoms with Crippen LogP contribution in [-0.4, -0.2) is 111 Å². The number of ether oxygens (including phenoxy) is 5. The molecule has 2 aliphatic rings. The van der Waals surface area contributed by atoms with E-state index in [-0.39, 0.29) is 22.5 Å². The van der Waals surface area contributed by atoms with Crippen molar-refractivity contribution in [2.24, 2.45) is 0 Å². The van der Waals surface area contributed by atoms with Gasteiger partial charge in [0, 0.05) is 23.8 Å². The molecule has 14 heteroatoms. The number of methoxy groups -OCH3 is 1. The minimum atomic E-state index is -1.76. The minimum Gasteiger partial charge on any atom is -0.507 e. The van der Waals surface area contributed by atoms with Gasteiger partial charge >= 0.3 is 0 Å². The van der Waals surface area contributed by atoms with Gasteiger partial charge in [-0.25, -0.2) is 0 Å². The minimum absolute atomic E-state index is 0.0348. The van der Waals surface area contributed by atoms with Crippen LogP contribution in [0, 0.1) is 0 Å². The fourth-order valence-corrected chi connectivity index (χ4v) is 4.84. The van der Waals surface area contributed by atoms with Crippen molar-refractivity contribution in [2.75, 3.05) is 13.7 Å². The van der Waals surface area contributed by atoms with Gasteiger partial charge in [0.25, 0.3) is 0 Å². The molecule has 0 saturated carbocycles. The number of phenols is 1. The highest BCUT2D eigenvalue weighted by molar-refractivity contribution is 5.86. The zero-order valence-electron chi connectivity index (χ0n) is 22.5. The molecule has 42 heavy (non-hydrogen) atoms. The van der Waals surface area contributed by atoms with Crippen LogP contribution >= 0.6 is 0 Å². The molecule has 4 unspecified atom stereocenters. The number of aliphatic hydroxyl groups excluding tert-OH is 6. The number of aromatic hydroxyl groups is 1. The van der Waals surface area contributed by atoms with Gasteiger partial charge in [-0.15, -0.1) is 0 Å². The first-order valence-corrected chi connectivity index (χ1v) is 13.1. The van der Waals surface area contributed by atoms with E-state index in [0.717, 1.165) is 6.07 Å². The fraction of sp³-hybridized carbons (Fsp3) is 0.464. The van der Waals surface area contributed by atoms with Gasteiger partial charge in [-0.3, -0.25) is 4.79 Å². The van der Waals surface area contributed by atoms with Crippen LogP contribution in [0.5, 0.6) is 17.2 Å². The number of phenolic OH excluding ortho intramolecular Hbond substituents is 1. The van der Waals surface area contributed by atoms with Gasteiger partial charge in [0.05, 0.1) is 19.8 Å². The molecule has 0 aliphatic carbocycles. The molecule has 3 aromatic rings. The van der Waals surface area contributed by atoms with Crippen LogP contribution in [0.4, 0.5) is 0 Å². The molecule has 2 aliphatic heterocycles. The van der Waals surface area contributed by atoms with Gasteiger partial charge in [0.1, 0.15) is 76.7 Å². The molecule has 5 rings (SSSR count). The standard InChI is InChI=1S/C28H32O14/c1-11-21(31)23(33)25(35)27(39-11)38-10-19-22(32)24(34)26(36)28(42-19)40-14-7-15(29)20-16(30)9-17(41-18(20)8-14)12-3-5-13(37-2)6-4-12/h3-9,11,19,21-29,31-36H,10H2,1-2H3/t11?,19?,21-,22+,23-,24-,25?,26?,27+,28+/m0/s1. The summed E-state index contributed by atoms with van der Waals surface area (Å²) in [5.41, 5.74) is 0.0115. The van der Waals surface area contributed by atoms with Crippen molar-refractivity contribution < 1.29 is 63.8 Å². The first kappa shape index (κ1) is 30.2. The van der Waals surface area contributed by atoms with Crippen LogP contribution < -0.4 is 14.9 Å². The molecular formula is C28H32O14. The number of aliphatic hydroxyl groups is 6. The number of hydrogen-bond donors (Lipinski definition) is 7. The molecule has 2 saturated heterocycles. The third-order valence-corrected chi connectivity index (χ3v) is 7.31. The van der Waals surface area contributed by atoms with Crippen LogP contribution in [0.2, 0.25) is 0 Å². The molecule has 1 aromatic heterocycles. The summed E-state index contributed by atoms with van der Waals surface area (Å²) in [6, 6.07) is 10.4.